The summed E-state index contributed by atoms with van der Waals surface area (Å²) in [7, 11) is 0. The summed E-state index contributed by atoms with van der Waals surface area (Å²) in [4.78, 5) is 0. The number of benzene rings is 1. The van der Waals surface area contributed by atoms with Crippen LogP contribution in [0.25, 0.3) is 0 Å². The van der Waals surface area contributed by atoms with Crippen molar-refractivity contribution in [2.75, 3.05) is 5.32 Å². The van der Waals surface area contributed by atoms with Crippen molar-refractivity contribution in [3.8, 4) is 6.07 Å². The number of alkyl halides is 3. The summed E-state index contributed by atoms with van der Waals surface area (Å²) >= 11 is 7.56. The number of anilines is 1. The third kappa shape index (κ3) is 3.31. The standard InChI is InChI=1S/C9H5BrF3N3S/c10-6-1-4(3-14)5(9(11,12)13)2-7(6)16-8(15)17/h1-2H,(H3,15,16,17). The van der Waals surface area contributed by atoms with Gasteiger partial charge in [0.25, 0.3) is 0 Å². The van der Waals surface area contributed by atoms with E-state index in [1.807, 2.05) is 0 Å². The summed E-state index contributed by atoms with van der Waals surface area (Å²) in [6, 6.07) is 3.32. The minimum Gasteiger partial charge on any atom is -0.376 e. The molecule has 90 valence electrons. The molecule has 8 heteroatoms. The van der Waals surface area contributed by atoms with Crippen LogP contribution in [0.5, 0.6) is 0 Å². The van der Waals surface area contributed by atoms with E-state index in [1.54, 1.807) is 0 Å². The average molecular weight is 324 g/mol. The second kappa shape index (κ2) is 4.89. The lowest BCUT2D eigenvalue weighted by Crippen LogP contribution is -2.20. The first-order valence-corrected chi connectivity index (χ1v) is 5.33. The fraction of sp³-hybridized carbons (Fsp3) is 0.111. The summed E-state index contributed by atoms with van der Waals surface area (Å²) in [5.41, 5.74) is 3.72. The molecule has 0 fully saturated rings. The first kappa shape index (κ1) is 13.7. The molecule has 0 aliphatic rings. The lowest BCUT2D eigenvalue weighted by Gasteiger charge is -2.13. The van der Waals surface area contributed by atoms with E-state index >= 15 is 0 Å². The van der Waals surface area contributed by atoms with Crippen molar-refractivity contribution < 1.29 is 13.2 Å². The van der Waals surface area contributed by atoms with Crippen LogP contribution in [-0.2, 0) is 6.18 Å². The maximum atomic E-state index is 12.6. The fourth-order valence-electron chi connectivity index (χ4n) is 1.13. The molecule has 0 spiro atoms. The van der Waals surface area contributed by atoms with Crippen molar-refractivity contribution in [1.29, 1.82) is 5.26 Å². The van der Waals surface area contributed by atoms with Crippen LogP contribution < -0.4 is 11.1 Å². The van der Waals surface area contributed by atoms with Crippen molar-refractivity contribution in [1.82, 2.24) is 0 Å². The molecule has 1 aromatic carbocycles. The zero-order chi connectivity index (χ0) is 13.2. The predicted molar refractivity (Wildman–Crippen MR) is 64.3 cm³/mol. The quantitative estimate of drug-likeness (QED) is 0.780. The zero-order valence-corrected chi connectivity index (χ0v) is 10.5. The summed E-state index contributed by atoms with van der Waals surface area (Å²) in [5.74, 6) is 0. The molecule has 0 atom stereocenters. The summed E-state index contributed by atoms with van der Waals surface area (Å²) in [6.07, 6.45) is -4.61. The predicted octanol–water partition coefficient (Wildman–Crippen LogP) is 3.00. The number of thiocarbonyl (C=S) groups is 1. The van der Waals surface area contributed by atoms with Crippen molar-refractivity contribution in [3.63, 3.8) is 0 Å². The van der Waals surface area contributed by atoms with E-state index in [2.05, 4.69) is 33.5 Å². The molecule has 0 heterocycles. The van der Waals surface area contributed by atoms with Crippen LogP contribution in [0.2, 0.25) is 0 Å². The van der Waals surface area contributed by atoms with Gasteiger partial charge >= 0.3 is 6.18 Å². The van der Waals surface area contributed by atoms with Gasteiger partial charge in [0.15, 0.2) is 5.11 Å². The minimum atomic E-state index is -4.61. The molecule has 0 aromatic heterocycles. The largest absolute Gasteiger partial charge is 0.417 e. The van der Waals surface area contributed by atoms with Gasteiger partial charge in [0.2, 0.25) is 0 Å². The van der Waals surface area contributed by atoms with Crippen LogP contribution in [0.3, 0.4) is 0 Å². The highest BCUT2D eigenvalue weighted by molar-refractivity contribution is 9.10. The van der Waals surface area contributed by atoms with Crippen molar-refractivity contribution in [2.24, 2.45) is 5.73 Å². The van der Waals surface area contributed by atoms with E-state index in [0.717, 1.165) is 12.1 Å². The minimum absolute atomic E-state index is 0.0591. The highest BCUT2D eigenvalue weighted by Gasteiger charge is 2.34. The highest BCUT2D eigenvalue weighted by Crippen LogP contribution is 2.36. The molecule has 0 unspecified atom stereocenters. The zero-order valence-electron chi connectivity index (χ0n) is 8.10. The van der Waals surface area contributed by atoms with Gasteiger partial charge in [-0.25, -0.2) is 0 Å². The molecular formula is C9H5BrF3N3S. The first-order chi connectivity index (χ1) is 7.75. The first-order valence-electron chi connectivity index (χ1n) is 4.13. The second-order valence-electron chi connectivity index (χ2n) is 2.98. The van der Waals surface area contributed by atoms with E-state index in [1.165, 1.54) is 6.07 Å². The topological polar surface area (TPSA) is 61.8 Å². The maximum absolute atomic E-state index is 12.6. The van der Waals surface area contributed by atoms with Crippen molar-refractivity contribution in [2.45, 2.75) is 6.18 Å². The molecule has 0 saturated heterocycles. The van der Waals surface area contributed by atoms with Gasteiger partial charge in [-0.1, -0.05) is 0 Å². The Morgan fingerprint density at radius 1 is 1.47 bits per heavy atom. The van der Waals surface area contributed by atoms with Crippen LogP contribution in [0.15, 0.2) is 16.6 Å². The number of hydrogen-bond acceptors (Lipinski definition) is 2. The molecule has 17 heavy (non-hydrogen) atoms. The molecule has 1 aromatic rings. The Kier molecular flexibility index (Phi) is 3.95. The number of nitrogens with two attached hydrogens (primary N) is 1. The Labute approximate surface area is 109 Å². The van der Waals surface area contributed by atoms with Gasteiger partial charge in [0.1, 0.15) is 0 Å². The molecular weight excluding hydrogens is 319 g/mol. The number of nitrogens with one attached hydrogen (secondary N) is 1. The molecule has 1 rings (SSSR count). The third-order valence-corrected chi connectivity index (χ3v) is 2.55. The van der Waals surface area contributed by atoms with E-state index in [0.29, 0.717) is 0 Å². The molecule has 0 radical (unpaired) electrons. The maximum Gasteiger partial charge on any atom is 0.417 e. The van der Waals surface area contributed by atoms with E-state index in [4.69, 9.17) is 11.0 Å². The number of hydrogen-bond donors (Lipinski definition) is 2. The van der Waals surface area contributed by atoms with Crippen LogP contribution in [-0.4, -0.2) is 5.11 Å². The molecule has 3 N–H and O–H groups in total. The summed E-state index contributed by atoms with van der Waals surface area (Å²) < 4.78 is 38.2. The van der Waals surface area contributed by atoms with Gasteiger partial charge in [-0.3, -0.25) is 0 Å². The molecule has 0 bridgehead atoms. The highest BCUT2D eigenvalue weighted by atomic mass is 79.9. The second-order valence-corrected chi connectivity index (χ2v) is 4.27. The van der Waals surface area contributed by atoms with Crippen LogP contribution in [0, 0.1) is 11.3 Å². The van der Waals surface area contributed by atoms with E-state index in [9.17, 15) is 13.2 Å². The van der Waals surface area contributed by atoms with Gasteiger partial charge in [-0.05, 0) is 40.3 Å². The van der Waals surface area contributed by atoms with Gasteiger partial charge in [0.05, 0.1) is 22.9 Å². The Balaban J connectivity index is 3.39. The molecule has 0 aliphatic carbocycles. The average Bonchev–Trinajstić information content (AvgIpc) is 2.18. The monoisotopic (exact) mass is 323 g/mol. The normalized spacial score (nSPS) is 10.8. The Hall–Kier alpha value is -1.33. The molecule has 0 aliphatic heterocycles. The number of nitriles is 1. The Morgan fingerprint density at radius 2 is 2.06 bits per heavy atom. The third-order valence-electron chi connectivity index (χ3n) is 1.79. The smallest absolute Gasteiger partial charge is 0.376 e. The van der Waals surface area contributed by atoms with Gasteiger partial charge < -0.3 is 11.1 Å². The number of nitrogens with zero attached hydrogens (tertiary/aromatic N) is 1. The fourth-order valence-corrected chi connectivity index (χ4v) is 1.68. The molecule has 0 amide bonds. The van der Waals surface area contributed by atoms with Crippen molar-refractivity contribution >= 4 is 38.9 Å². The summed E-state index contributed by atoms with van der Waals surface area (Å²) in [5, 5.41) is 10.9. The SMILES string of the molecule is N#Cc1cc(Br)c(NC(N)=S)cc1C(F)(F)F. The molecule has 3 nitrogen and oxygen atoms in total. The summed E-state index contributed by atoms with van der Waals surface area (Å²) in [6.45, 7) is 0. The van der Waals surface area contributed by atoms with Crippen molar-refractivity contribution in [3.05, 3.63) is 27.7 Å². The lowest BCUT2D eigenvalue weighted by molar-refractivity contribution is -0.137. The van der Waals surface area contributed by atoms with Gasteiger partial charge in [-0.2, -0.15) is 18.4 Å². The van der Waals surface area contributed by atoms with E-state index < -0.39 is 17.3 Å². The number of halogens is 4. The van der Waals surface area contributed by atoms with Gasteiger partial charge in [0, 0.05) is 4.47 Å². The molecule has 0 saturated carbocycles. The van der Waals surface area contributed by atoms with Crippen LogP contribution >= 0.6 is 28.1 Å². The Morgan fingerprint density at radius 3 is 2.47 bits per heavy atom. The van der Waals surface area contributed by atoms with Crippen LogP contribution in [0.1, 0.15) is 11.1 Å². The van der Waals surface area contributed by atoms with E-state index in [-0.39, 0.29) is 15.3 Å². The van der Waals surface area contributed by atoms with Crippen LogP contribution in [0.4, 0.5) is 18.9 Å². The Bertz CT molecular complexity index is 507. The lowest BCUT2D eigenvalue weighted by atomic mass is 10.1. The van der Waals surface area contributed by atoms with Gasteiger partial charge in [-0.15, -0.1) is 0 Å². The number of rotatable bonds is 1.